The van der Waals surface area contributed by atoms with E-state index in [4.69, 9.17) is 4.74 Å². The number of carbonyl (C=O) groups excluding carboxylic acids is 1. The van der Waals surface area contributed by atoms with Crippen molar-refractivity contribution in [3.05, 3.63) is 12.7 Å². The highest BCUT2D eigenvalue weighted by atomic mass is 16.5. The zero-order valence-electron chi connectivity index (χ0n) is 11.0. The Morgan fingerprint density at radius 1 is 1.31 bits per heavy atom. The van der Waals surface area contributed by atoms with Crippen molar-refractivity contribution in [2.24, 2.45) is 5.92 Å². The smallest absolute Gasteiger partial charge is 0.330 e. The van der Waals surface area contributed by atoms with Crippen LogP contribution in [-0.4, -0.2) is 12.1 Å². The van der Waals surface area contributed by atoms with E-state index in [0.717, 1.165) is 18.8 Å². The molecule has 2 nitrogen and oxygen atoms in total. The summed E-state index contributed by atoms with van der Waals surface area (Å²) >= 11 is 0. The molecule has 0 amide bonds. The first kappa shape index (κ1) is 15.2. The molecule has 0 N–H and O–H groups in total. The van der Waals surface area contributed by atoms with E-state index in [0.29, 0.717) is 0 Å². The molecular weight excluding hydrogens is 200 g/mol. The summed E-state index contributed by atoms with van der Waals surface area (Å²) in [4.78, 5) is 11.0. The van der Waals surface area contributed by atoms with Gasteiger partial charge in [0.2, 0.25) is 0 Å². The van der Waals surface area contributed by atoms with Gasteiger partial charge in [-0.3, -0.25) is 0 Å². The zero-order valence-corrected chi connectivity index (χ0v) is 11.0. The van der Waals surface area contributed by atoms with Gasteiger partial charge in [-0.2, -0.15) is 0 Å². The van der Waals surface area contributed by atoms with Crippen LogP contribution in [0.2, 0.25) is 0 Å². The predicted molar refractivity (Wildman–Crippen MR) is 68.3 cm³/mol. The van der Waals surface area contributed by atoms with E-state index in [2.05, 4.69) is 20.4 Å². The molecule has 0 aliphatic heterocycles. The topological polar surface area (TPSA) is 26.3 Å². The Morgan fingerprint density at radius 3 is 2.50 bits per heavy atom. The minimum absolute atomic E-state index is 0.0150. The molecule has 0 aromatic heterocycles. The largest absolute Gasteiger partial charge is 0.460 e. The number of ether oxygens (including phenoxy) is 1. The third-order valence-electron chi connectivity index (χ3n) is 3.01. The lowest BCUT2D eigenvalue weighted by atomic mass is 9.93. The van der Waals surface area contributed by atoms with Gasteiger partial charge in [0.25, 0.3) is 0 Å². The number of esters is 1. The van der Waals surface area contributed by atoms with Crippen LogP contribution in [0.25, 0.3) is 0 Å². The summed E-state index contributed by atoms with van der Waals surface area (Å²) in [7, 11) is 0. The van der Waals surface area contributed by atoms with E-state index in [1.54, 1.807) is 0 Å². The van der Waals surface area contributed by atoms with E-state index >= 15 is 0 Å². The monoisotopic (exact) mass is 226 g/mol. The van der Waals surface area contributed by atoms with Gasteiger partial charge in [0.05, 0.1) is 6.10 Å². The van der Waals surface area contributed by atoms with Gasteiger partial charge in [-0.05, 0) is 25.7 Å². The van der Waals surface area contributed by atoms with Crippen LogP contribution < -0.4 is 0 Å². The fourth-order valence-electron chi connectivity index (χ4n) is 1.82. The number of unbranched alkanes of at least 4 members (excludes halogenated alkanes) is 1. The summed E-state index contributed by atoms with van der Waals surface area (Å²) in [5.74, 6) is 0.471. The minimum Gasteiger partial charge on any atom is -0.460 e. The van der Waals surface area contributed by atoms with Gasteiger partial charge in [-0.15, -0.1) is 0 Å². The highest BCUT2D eigenvalue weighted by molar-refractivity contribution is 5.81. The summed E-state index contributed by atoms with van der Waals surface area (Å²) in [5.41, 5.74) is 0. The average molecular weight is 226 g/mol. The second kappa shape index (κ2) is 9.44. The average Bonchev–Trinajstić information content (AvgIpc) is 2.29. The lowest BCUT2D eigenvalue weighted by molar-refractivity contribution is -0.142. The molecule has 0 aliphatic rings. The van der Waals surface area contributed by atoms with E-state index in [9.17, 15) is 4.79 Å². The molecule has 0 spiro atoms. The molecule has 0 aliphatic carbocycles. The molecule has 0 saturated heterocycles. The van der Waals surface area contributed by atoms with E-state index < -0.39 is 0 Å². The van der Waals surface area contributed by atoms with Crippen molar-refractivity contribution in [2.75, 3.05) is 0 Å². The van der Waals surface area contributed by atoms with Gasteiger partial charge in [0.1, 0.15) is 0 Å². The standard InChI is InChI=1S/C14H26O2/c1-5-8-9-13(6-2)11-10-12(4)16-14(15)7-3/h7,12-13H,3,5-6,8-11H2,1-2,4H3/t12-,13-/m1/s1. The molecule has 0 unspecified atom stereocenters. The number of carbonyl (C=O) groups is 1. The van der Waals surface area contributed by atoms with Gasteiger partial charge in [-0.25, -0.2) is 4.79 Å². The maximum atomic E-state index is 11.0. The number of hydrogen-bond acceptors (Lipinski definition) is 2. The molecule has 0 radical (unpaired) electrons. The quantitative estimate of drug-likeness (QED) is 0.437. The maximum absolute atomic E-state index is 11.0. The van der Waals surface area contributed by atoms with Gasteiger partial charge < -0.3 is 4.74 Å². The van der Waals surface area contributed by atoms with Crippen LogP contribution in [0.3, 0.4) is 0 Å². The van der Waals surface area contributed by atoms with E-state index in [-0.39, 0.29) is 12.1 Å². The molecule has 2 atom stereocenters. The summed E-state index contributed by atoms with van der Waals surface area (Å²) < 4.78 is 5.14. The molecule has 0 bridgehead atoms. The van der Waals surface area contributed by atoms with Crippen LogP contribution >= 0.6 is 0 Å². The Hall–Kier alpha value is -0.790. The predicted octanol–water partition coefficient (Wildman–Crippen LogP) is 4.10. The second-order valence-electron chi connectivity index (χ2n) is 4.45. The Balaban J connectivity index is 3.73. The molecule has 0 saturated carbocycles. The third kappa shape index (κ3) is 7.49. The van der Waals surface area contributed by atoms with Crippen molar-refractivity contribution in [3.8, 4) is 0 Å². The Labute approximate surface area is 100 Å². The number of hydrogen-bond donors (Lipinski definition) is 0. The fourth-order valence-corrected chi connectivity index (χ4v) is 1.82. The molecule has 2 heteroatoms. The van der Waals surface area contributed by atoms with Crippen molar-refractivity contribution >= 4 is 5.97 Å². The van der Waals surface area contributed by atoms with Crippen molar-refractivity contribution in [3.63, 3.8) is 0 Å². The van der Waals surface area contributed by atoms with Crippen molar-refractivity contribution < 1.29 is 9.53 Å². The summed E-state index contributed by atoms with van der Waals surface area (Å²) in [5, 5.41) is 0. The second-order valence-corrected chi connectivity index (χ2v) is 4.45. The summed E-state index contributed by atoms with van der Waals surface area (Å²) in [6.45, 7) is 9.80. The first-order chi connectivity index (χ1) is 7.63. The summed E-state index contributed by atoms with van der Waals surface area (Å²) in [6, 6.07) is 0. The Bertz CT molecular complexity index is 199. The van der Waals surface area contributed by atoms with Gasteiger partial charge in [0.15, 0.2) is 0 Å². The minimum atomic E-state index is -0.311. The maximum Gasteiger partial charge on any atom is 0.330 e. The van der Waals surface area contributed by atoms with Crippen LogP contribution in [0.4, 0.5) is 0 Å². The van der Waals surface area contributed by atoms with Crippen molar-refractivity contribution in [2.45, 2.75) is 65.4 Å². The molecular formula is C14H26O2. The zero-order chi connectivity index (χ0) is 12.4. The van der Waals surface area contributed by atoms with Crippen LogP contribution in [0, 0.1) is 5.92 Å². The molecule has 0 aromatic carbocycles. The number of rotatable bonds is 9. The summed E-state index contributed by atoms with van der Waals surface area (Å²) in [6.07, 6.45) is 8.45. The highest BCUT2D eigenvalue weighted by Gasteiger charge is 2.11. The van der Waals surface area contributed by atoms with Gasteiger partial charge >= 0.3 is 5.97 Å². The Morgan fingerprint density at radius 2 is 2.00 bits per heavy atom. The first-order valence-corrected chi connectivity index (χ1v) is 6.47. The van der Waals surface area contributed by atoms with Crippen molar-refractivity contribution in [1.29, 1.82) is 0 Å². The third-order valence-corrected chi connectivity index (χ3v) is 3.01. The van der Waals surface area contributed by atoms with Gasteiger partial charge in [-0.1, -0.05) is 46.1 Å². The molecule has 16 heavy (non-hydrogen) atoms. The molecule has 0 aromatic rings. The van der Waals surface area contributed by atoms with Crippen LogP contribution in [0.1, 0.15) is 59.3 Å². The molecule has 0 fully saturated rings. The van der Waals surface area contributed by atoms with E-state index in [1.165, 1.54) is 31.8 Å². The van der Waals surface area contributed by atoms with Crippen LogP contribution in [0.15, 0.2) is 12.7 Å². The van der Waals surface area contributed by atoms with Crippen molar-refractivity contribution in [1.82, 2.24) is 0 Å². The Kier molecular flexibility index (Phi) is 8.97. The lowest BCUT2D eigenvalue weighted by Crippen LogP contribution is -2.14. The molecule has 0 heterocycles. The van der Waals surface area contributed by atoms with Gasteiger partial charge in [0, 0.05) is 6.08 Å². The first-order valence-electron chi connectivity index (χ1n) is 6.47. The van der Waals surface area contributed by atoms with Crippen LogP contribution in [-0.2, 0) is 9.53 Å². The molecule has 94 valence electrons. The highest BCUT2D eigenvalue weighted by Crippen LogP contribution is 2.20. The van der Waals surface area contributed by atoms with Crippen LogP contribution in [0.5, 0.6) is 0 Å². The molecule has 0 rings (SSSR count). The lowest BCUT2D eigenvalue weighted by Gasteiger charge is -2.17. The normalized spacial score (nSPS) is 14.2. The fraction of sp³-hybridized carbons (Fsp3) is 0.786. The SMILES string of the molecule is C=CC(=O)O[C@H](C)CC[C@H](CC)CCCC. The van der Waals surface area contributed by atoms with E-state index in [1.807, 2.05) is 6.92 Å².